The minimum atomic E-state index is -4.64. The van der Waals surface area contributed by atoms with Crippen molar-refractivity contribution in [2.24, 2.45) is 0 Å². The Bertz CT molecular complexity index is 966. The van der Waals surface area contributed by atoms with Crippen LogP contribution >= 0.6 is 11.6 Å². The van der Waals surface area contributed by atoms with E-state index in [0.717, 1.165) is 12.1 Å². The molecule has 2 aromatic carbocycles. The molecule has 3 rings (SSSR count). The molecule has 0 bridgehead atoms. The van der Waals surface area contributed by atoms with Crippen LogP contribution in [0.4, 0.5) is 13.2 Å². The summed E-state index contributed by atoms with van der Waals surface area (Å²) in [7, 11) is 1.45. The van der Waals surface area contributed by atoms with Crippen molar-refractivity contribution < 1.29 is 32.2 Å². The van der Waals surface area contributed by atoms with E-state index in [2.05, 4.69) is 10.6 Å². The smallest absolute Gasteiger partial charge is 0.416 e. The van der Waals surface area contributed by atoms with E-state index in [9.17, 15) is 22.8 Å². The molecule has 2 N–H and O–H groups in total. The van der Waals surface area contributed by atoms with E-state index >= 15 is 0 Å². The predicted octanol–water partition coefficient (Wildman–Crippen LogP) is 4.17. The summed E-state index contributed by atoms with van der Waals surface area (Å²) >= 11 is 6.14. The fraction of sp³-hybridized carbons (Fsp3) is 0.300. The lowest BCUT2D eigenvalue weighted by Crippen LogP contribution is -2.45. The number of nitrogens with one attached hydrogen (secondary N) is 2. The van der Waals surface area contributed by atoms with Crippen LogP contribution in [0.5, 0.6) is 17.2 Å². The zero-order chi connectivity index (χ0) is 21.9. The highest BCUT2D eigenvalue weighted by Crippen LogP contribution is 2.37. The van der Waals surface area contributed by atoms with Crippen LogP contribution in [-0.4, -0.2) is 31.5 Å². The van der Waals surface area contributed by atoms with E-state index < -0.39 is 23.7 Å². The van der Waals surface area contributed by atoms with Crippen LogP contribution in [0, 0.1) is 0 Å². The van der Waals surface area contributed by atoms with Crippen molar-refractivity contribution in [3.8, 4) is 17.2 Å². The van der Waals surface area contributed by atoms with Crippen molar-refractivity contribution in [1.29, 1.82) is 0 Å². The number of methoxy groups -OCH3 is 1. The first-order valence-corrected chi connectivity index (χ1v) is 9.35. The Balaban J connectivity index is 1.92. The molecule has 1 atom stereocenters. The van der Waals surface area contributed by atoms with E-state index in [1.165, 1.54) is 19.2 Å². The maximum atomic E-state index is 13.2. The Kier molecular flexibility index (Phi) is 6.40. The van der Waals surface area contributed by atoms with Crippen molar-refractivity contribution in [2.45, 2.75) is 25.1 Å². The normalized spacial score (nSPS) is 16.6. The molecule has 2 aromatic rings. The molecule has 1 aliphatic rings. The van der Waals surface area contributed by atoms with Crippen molar-refractivity contribution in [3.05, 3.63) is 52.5 Å². The number of carbonyl (C=O) groups is 2. The number of halogens is 4. The summed E-state index contributed by atoms with van der Waals surface area (Å²) in [5, 5.41) is 5.39. The Morgan fingerprint density at radius 2 is 1.93 bits per heavy atom. The molecular formula is C20H18ClF3N2O4. The lowest BCUT2D eigenvalue weighted by atomic mass is 10.0. The van der Waals surface area contributed by atoms with Crippen molar-refractivity contribution in [2.75, 3.05) is 13.7 Å². The lowest BCUT2D eigenvalue weighted by molar-refractivity contribution is -0.137. The first kappa shape index (κ1) is 21.8. The summed E-state index contributed by atoms with van der Waals surface area (Å²) in [6.45, 7) is 0.372. The number of benzene rings is 2. The average molecular weight is 443 g/mol. The highest BCUT2D eigenvalue weighted by atomic mass is 35.5. The first-order valence-electron chi connectivity index (χ1n) is 8.97. The summed E-state index contributed by atoms with van der Waals surface area (Å²) in [5.41, 5.74) is -1.31. The maximum absolute atomic E-state index is 13.2. The Labute approximate surface area is 175 Å². The van der Waals surface area contributed by atoms with Gasteiger partial charge < -0.3 is 20.1 Å². The van der Waals surface area contributed by atoms with Gasteiger partial charge in [-0.3, -0.25) is 9.59 Å². The van der Waals surface area contributed by atoms with Crippen LogP contribution in [0.15, 0.2) is 36.4 Å². The molecule has 1 fully saturated rings. The van der Waals surface area contributed by atoms with Gasteiger partial charge in [-0.1, -0.05) is 11.6 Å². The van der Waals surface area contributed by atoms with Gasteiger partial charge in [0.1, 0.15) is 17.2 Å². The van der Waals surface area contributed by atoms with Gasteiger partial charge in [0.15, 0.2) is 0 Å². The van der Waals surface area contributed by atoms with E-state index in [-0.39, 0.29) is 34.4 Å². The second-order valence-electron chi connectivity index (χ2n) is 6.62. The molecule has 0 aliphatic carbocycles. The fourth-order valence-corrected chi connectivity index (χ4v) is 3.16. The second-order valence-corrected chi connectivity index (χ2v) is 7.03. The van der Waals surface area contributed by atoms with Gasteiger partial charge in [-0.05, 0) is 36.8 Å². The summed E-state index contributed by atoms with van der Waals surface area (Å²) in [6, 6.07) is 6.62. The molecule has 1 heterocycles. The molecule has 0 radical (unpaired) electrons. The maximum Gasteiger partial charge on any atom is 0.416 e. The molecule has 30 heavy (non-hydrogen) atoms. The summed E-state index contributed by atoms with van der Waals surface area (Å²) in [6.07, 6.45) is -4.13. The van der Waals surface area contributed by atoms with Crippen LogP contribution in [-0.2, 0) is 11.0 Å². The van der Waals surface area contributed by atoms with Crippen molar-refractivity contribution in [1.82, 2.24) is 10.6 Å². The van der Waals surface area contributed by atoms with E-state index in [1.807, 2.05) is 0 Å². The minimum Gasteiger partial charge on any atom is -0.497 e. The van der Waals surface area contributed by atoms with Crippen molar-refractivity contribution in [3.63, 3.8) is 0 Å². The number of alkyl halides is 3. The van der Waals surface area contributed by atoms with E-state index in [1.54, 1.807) is 6.07 Å². The molecule has 1 saturated heterocycles. The molecule has 6 nitrogen and oxygen atoms in total. The summed E-state index contributed by atoms with van der Waals surface area (Å²) < 4.78 is 50.3. The van der Waals surface area contributed by atoms with Gasteiger partial charge in [-0.2, -0.15) is 13.2 Å². The lowest BCUT2D eigenvalue weighted by Gasteiger charge is -2.24. The highest BCUT2D eigenvalue weighted by Gasteiger charge is 2.33. The SMILES string of the molecule is COc1ccc(Oc2ccc(C(F)(F)F)cc2C(=O)NC2CCNC(=O)C2)c(Cl)c1. The Hall–Kier alpha value is -2.94. The number of hydrogen-bond acceptors (Lipinski definition) is 4. The van der Waals surface area contributed by atoms with Crippen LogP contribution in [0.1, 0.15) is 28.8 Å². The molecule has 160 valence electrons. The van der Waals surface area contributed by atoms with E-state index in [4.69, 9.17) is 21.1 Å². The van der Waals surface area contributed by atoms with Crippen molar-refractivity contribution >= 4 is 23.4 Å². The number of piperidine rings is 1. The summed E-state index contributed by atoms with van der Waals surface area (Å²) in [4.78, 5) is 24.3. The topological polar surface area (TPSA) is 76.7 Å². The standard InChI is InChI=1S/C20H18ClF3N2O4/c1-29-13-3-5-17(15(21)10-13)30-16-4-2-11(20(22,23)24)8-14(16)19(28)26-12-6-7-25-18(27)9-12/h2-5,8,10,12H,6-7,9H2,1H3,(H,25,27)(H,26,28). The van der Waals surface area contributed by atoms with Gasteiger partial charge in [-0.15, -0.1) is 0 Å². The van der Waals surface area contributed by atoms with Gasteiger partial charge in [-0.25, -0.2) is 0 Å². The Morgan fingerprint density at radius 1 is 1.20 bits per heavy atom. The van der Waals surface area contributed by atoms with Gasteiger partial charge in [0.05, 0.1) is 23.3 Å². The third kappa shape index (κ3) is 5.15. The molecule has 0 saturated carbocycles. The van der Waals surface area contributed by atoms with Crippen LogP contribution in [0.3, 0.4) is 0 Å². The molecule has 2 amide bonds. The quantitative estimate of drug-likeness (QED) is 0.728. The number of rotatable bonds is 5. The largest absolute Gasteiger partial charge is 0.497 e. The Morgan fingerprint density at radius 3 is 2.57 bits per heavy atom. The van der Waals surface area contributed by atoms with Gasteiger partial charge in [0.25, 0.3) is 5.91 Å². The van der Waals surface area contributed by atoms with Crippen LogP contribution in [0.2, 0.25) is 5.02 Å². The van der Waals surface area contributed by atoms with Gasteiger partial charge in [0, 0.05) is 25.1 Å². The highest BCUT2D eigenvalue weighted by molar-refractivity contribution is 6.32. The zero-order valence-electron chi connectivity index (χ0n) is 15.8. The molecule has 0 aromatic heterocycles. The molecule has 0 spiro atoms. The molecular weight excluding hydrogens is 425 g/mol. The molecule has 10 heteroatoms. The number of carbonyl (C=O) groups excluding carboxylic acids is 2. The fourth-order valence-electron chi connectivity index (χ4n) is 2.95. The number of hydrogen-bond donors (Lipinski definition) is 2. The van der Waals surface area contributed by atoms with Gasteiger partial charge >= 0.3 is 6.18 Å². The third-order valence-electron chi connectivity index (χ3n) is 4.49. The minimum absolute atomic E-state index is 0.0468. The zero-order valence-corrected chi connectivity index (χ0v) is 16.6. The van der Waals surface area contributed by atoms with Crippen LogP contribution in [0.25, 0.3) is 0 Å². The predicted molar refractivity (Wildman–Crippen MR) is 103 cm³/mol. The number of ether oxygens (including phenoxy) is 2. The van der Waals surface area contributed by atoms with Crippen LogP contribution < -0.4 is 20.1 Å². The monoisotopic (exact) mass is 442 g/mol. The summed E-state index contributed by atoms with van der Waals surface area (Å²) in [5.74, 6) is -0.512. The second kappa shape index (κ2) is 8.83. The number of amides is 2. The van der Waals surface area contributed by atoms with Gasteiger partial charge in [0.2, 0.25) is 5.91 Å². The third-order valence-corrected chi connectivity index (χ3v) is 4.79. The first-order chi connectivity index (χ1) is 14.2. The molecule has 1 aliphatic heterocycles. The molecule has 1 unspecified atom stereocenters. The average Bonchev–Trinajstić information content (AvgIpc) is 2.68. The van der Waals surface area contributed by atoms with E-state index in [0.29, 0.717) is 24.8 Å².